The molecule has 1 aliphatic carbocycles. The lowest BCUT2D eigenvalue weighted by Crippen LogP contribution is -2.63. The number of ether oxygens (including phenoxy) is 1. The standard InChI is InChI=1S/C14H26N2O2/c1-5-18-12-9-11(14(12,2)3)16(4)13(17)10-7-6-8-15-10/h10-12,15H,5-9H2,1-4H3/t10-,11-,12+/m0/s1. The number of hydrogen-bond donors (Lipinski definition) is 1. The maximum Gasteiger partial charge on any atom is 0.239 e. The van der Waals surface area contributed by atoms with Crippen molar-refractivity contribution in [2.45, 2.75) is 58.2 Å². The summed E-state index contributed by atoms with van der Waals surface area (Å²) >= 11 is 0. The molecule has 0 radical (unpaired) electrons. The van der Waals surface area contributed by atoms with E-state index >= 15 is 0 Å². The number of nitrogens with zero attached hydrogens (tertiary/aromatic N) is 1. The van der Waals surface area contributed by atoms with Gasteiger partial charge in [-0.2, -0.15) is 0 Å². The minimum atomic E-state index is 0.0388. The minimum absolute atomic E-state index is 0.0388. The third kappa shape index (κ3) is 2.28. The van der Waals surface area contributed by atoms with Crippen molar-refractivity contribution >= 4 is 5.91 Å². The van der Waals surface area contributed by atoms with E-state index in [1.165, 1.54) is 0 Å². The first-order valence-corrected chi connectivity index (χ1v) is 7.10. The lowest BCUT2D eigenvalue weighted by molar-refractivity contribution is -0.164. The summed E-state index contributed by atoms with van der Waals surface area (Å²) in [6, 6.07) is 0.348. The summed E-state index contributed by atoms with van der Waals surface area (Å²) in [6.07, 6.45) is 3.35. The number of amides is 1. The predicted octanol–water partition coefficient (Wildman–Crippen LogP) is 1.40. The zero-order chi connectivity index (χ0) is 13.3. The Hall–Kier alpha value is -0.610. The van der Waals surface area contributed by atoms with Crippen LogP contribution in [-0.4, -0.2) is 49.2 Å². The van der Waals surface area contributed by atoms with Crippen molar-refractivity contribution in [1.29, 1.82) is 0 Å². The summed E-state index contributed by atoms with van der Waals surface area (Å²) in [5.74, 6) is 0.250. The van der Waals surface area contributed by atoms with Gasteiger partial charge in [-0.3, -0.25) is 4.79 Å². The first-order chi connectivity index (χ1) is 8.48. The maximum atomic E-state index is 12.4. The number of likely N-dealkylation sites (N-methyl/N-ethyl adjacent to an activating group) is 1. The molecular weight excluding hydrogens is 228 g/mol. The molecule has 2 aliphatic rings. The summed E-state index contributed by atoms with van der Waals surface area (Å²) < 4.78 is 5.73. The average Bonchev–Trinajstić information content (AvgIpc) is 2.86. The Morgan fingerprint density at radius 3 is 2.72 bits per heavy atom. The van der Waals surface area contributed by atoms with Crippen LogP contribution >= 0.6 is 0 Å². The van der Waals surface area contributed by atoms with E-state index in [9.17, 15) is 4.79 Å². The molecule has 1 saturated heterocycles. The molecule has 104 valence electrons. The van der Waals surface area contributed by atoms with Gasteiger partial charge in [-0.05, 0) is 32.7 Å². The second kappa shape index (κ2) is 5.17. The average molecular weight is 254 g/mol. The van der Waals surface area contributed by atoms with Gasteiger partial charge in [-0.15, -0.1) is 0 Å². The molecule has 1 saturated carbocycles. The van der Waals surface area contributed by atoms with Gasteiger partial charge in [-0.1, -0.05) is 13.8 Å². The summed E-state index contributed by atoms with van der Waals surface area (Å²) in [5, 5.41) is 3.28. The van der Waals surface area contributed by atoms with Crippen LogP contribution in [0.1, 0.15) is 40.0 Å². The zero-order valence-corrected chi connectivity index (χ0v) is 12.0. The molecule has 1 amide bonds. The Balaban J connectivity index is 1.94. The normalized spacial score (nSPS) is 34.1. The fraction of sp³-hybridized carbons (Fsp3) is 0.929. The number of nitrogens with one attached hydrogen (secondary N) is 1. The molecule has 2 rings (SSSR count). The van der Waals surface area contributed by atoms with Gasteiger partial charge in [0.2, 0.25) is 5.91 Å². The van der Waals surface area contributed by atoms with Crippen LogP contribution in [0, 0.1) is 5.41 Å². The monoisotopic (exact) mass is 254 g/mol. The van der Waals surface area contributed by atoms with E-state index in [4.69, 9.17) is 4.74 Å². The Bertz CT molecular complexity index is 311. The second-order valence-corrected chi connectivity index (χ2v) is 6.11. The molecule has 18 heavy (non-hydrogen) atoms. The number of hydrogen-bond acceptors (Lipinski definition) is 3. The van der Waals surface area contributed by atoms with E-state index in [2.05, 4.69) is 19.2 Å². The van der Waals surface area contributed by atoms with Crippen LogP contribution in [0.4, 0.5) is 0 Å². The summed E-state index contributed by atoms with van der Waals surface area (Å²) in [6.45, 7) is 8.16. The van der Waals surface area contributed by atoms with Crippen LogP contribution in [0.2, 0.25) is 0 Å². The predicted molar refractivity (Wildman–Crippen MR) is 71.4 cm³/mol. The molecule has 0 aromatic heterocycles. The van der Waals surface area contributed by atoms with Crippen molar-refractivity contribution < 1.29 is 9.53 Å². The van der Waals surface area contributed by atoms with Crippen molar-refractivity contribution in [2.24, 2.45) is 5.41 Å². The molecule has 0 bridgehead atoms. The zero-order valence-electron chi connectivity index (χ0n) is 12.0. The molecule has 0 aromatic carbocycles. The smallest absolute Gasteiger partial charge is 0.239 e. The van der Waals surface area contributed by atoms with Gasteiger partial charge in [0.1, 0.15) is 0 Å². The van der Waals surface area contributed by atoms with E-state index in [0.717, 1.165) is 32.4 Å². The first kappa shape index (κ1) is 13.8. The fourth-order valence-electron chi connectivity index (χ4n) is 3.30. The van der Waals surface area contributed by atoms with Crippen LogP contribution in [0.3, 0.4) is 0 Å². The molecule has 3 atom stereocenters. The molecule has 0 spiro atoms. The Morgan fingerprint density at radius 2 is 2.22 bits per heavy atom. The highest BCUT2D eigenvalue weighted by Crippen LogP contribution is 2.45. The van der Waals surface area contributed by atoms with Gasteiger partial charge < -0.3 is 15.0 Å². The van der Waals surface area contributed by atoms with Crippen molar-refractivity contribution in [3.63, 3.8) is 0 Å². The van der Waals surface area contributed by atoms with Gasteiger partial charge in [0.05, 0.1) is 12.1 Å². The van der Waals surface area contributed by atoms with Crippen molar-refractivity contribution in [1.82, 2.24) is 10.2 Å². The molecule has 2 fully saturated rings. The fourth-order valence-corrected chi connectivity index (χ4v) is 3.30. The van der Waals surface area contributed by atoms with E-state index in [1.54, 1.807) is 0 Å². The molecule has 0 aromatic rings. The lowest BCUT2D eigenvalue weighted by atomic mass is 9.63. The van der Waals surface area contributed by atoms with Gasteiger partial charge in [0.15, 0.2) is 0 Å². The van der Waals surface area contributed by atoms with Gasteiger partial charge in [0.25, 0.3) is 0 Å². The SMILES string of the molecule is CCO[C@@H]1C[C@H](N(C)C(=O)[C@@H]2CCCN2)C1(C)C. The first-order valence-electron chi connectivity index (χ1n) is 7.10. The molecule has 4 nitrogen and oxygen atoms in total. The van der Waals surface area contributed by atoms with E-state index in [1.807, 2.05) is 18.9 Å². The summed E-state index contributed by atoms with van der Waals surface area (Å²) in [4.78, 5) is 14.3. The highest BCUT2D eigenvalue weighted by molar-refractivity contribution is 5.82. The van der Waals surface area contributed by atoms with Gasteiger partial charge in [0, 0.05) is 25.1 Å². The van der Waals surface area contributed by atoms with Crippen molar-refractivity contribution in [2.75, 3.05) is 20.2 Å². The molecule has 4 heteroatoms. The van der Waals surface area contributed by atoms with E-state index in [-0.39, 0.29) is 17.4 Å². The third-order valence-corrected chi connectivity index (χ3v) is 4.67. The highest BCUT2D eigenvalue weighted by Gasteiger charge is 2.52. The van der Waals surface area contributed by atoms with Crippen LogP contribution in [0.15, 0.2) is 0 Å². The molecule has 1 N–H and O–H groups in total. The summed E-state index contributed by atoms with van der Waals surface area (Å²) in [7, 11) is 1.94. The number of carbonyl (C=O) groups is 1. The second-order valence-electron chi connectivity index (χ2n) is 6.11. The number of carbonyl (C=O) groups excluding carboxylic acids is 1. The Labute approximate surface area is 110 Å². The topological polar surface area (TPSA) is 41.6 Å². The Kier molecular flexibility index (Phi) is 3.97. The molecule has 1 aliphatic heterocycles. The van der Waals surface area contributed by atoms with E-state index in [0.29, 0.717) is 12.1 Å². The molecule has 0 unspecified atom stereocenters. The minimum Gasteiger partial charge on any atom is -0.378 e. The van der Waals surface area contributed by atoms with E-state index < -0.39 is 0 Å². The van der Waals surface area contributed by atoms with Gasteiger partial charge >= 0.3 is 0 Å². The van der Waals surface area contributed by atoms with Crippen LogP contribution in [-0.2, 0) is 9.53 Å². The van der Waals surface area contributed by atoms with Crippen LogP contribution in [0.25, 0.3) is 0 Å². The van der Waals surface area contributed by atoms with Gasteiger partial charge in [-0.25, -0.2) is 0 Å². The number of rotatable bonds is 4. The Morgan fingerprint density at radius 1 is 1.50 bits per heavy atom. The van der Waals surface area contributed by atoms with Crippen LogP contribution in [0.5, 0.6) is 0 Å². The largest absolute Gasteiger partial charge is 0.378 e. The highest BCUT2D eigenvalue weighted by atomic mass is 16.5. The lowest BCUT2D eigenvalue weighted by Gasteiger charge is -2.55. The summed E-state index contributed by atoms with van der Waals surface area (Å²) in [5.41, 5.74) is 0.0685. The third-order valence-electron chi connectivity index (χ3n) is 4.67. The quantitative estimate of drug-likeness (QED) is 0.824. The van der Waals surface area contributed by atoms with Crippen LogP contribution < -0.4 is 5.32 Å². The van der Waals surface area contributed by atoms with Crippen molar-refractivity contribution in [3.8, 4) is 0 Å². The maximum absolute atomic E-state index is 12.4. The molecular formula is C14H26N2O2. The van der Waals surface area contributed by atoms with Crippen molar-refractivity contribution in [3.05, 3.63) is 0 Å². The molecule has 1 heterocycles.